The summed E-state index contributed by atoms with van der Waals surface area (Å²) in [6.07, 6.45) is 1.85. The molecule has 146 valence electrons. The van der Waals surface area contributed by atoms with Crippen LogP contribution in [-0.2, 0) is 0 Å². The van der Waals surface area contributed by atoms with Gasteiger partial charge >= 0.3 is 0 Å². The van der Waals surface area contributed by atoms with E-state index in [0.29, 0.717) is 24.3 Å². The van der Waals surface area contributed by atoms with E-state index in [-0.39, 0.29) is 11.9 Å². The second kappa shape index (κ2) is 7.90. The Morgan fingerprint density at radius 3 is 2.55 bits per heavy atom. The number of aryl methyl sites for hydroxylation is 1. The Morgan fingerprint density at radius 1 is 1.17 bits per heavy atom. The third-order valence-electron chi connectivity index (χ3n) is 5.26. The third-order valence-corrected chi connectivity index (χ3v) is 5.26. The molecule has 1 aliphatic rings. The van der Waals surface area contributed by atoms with E-state index in [1.807, 2.05) is 49.4 Å². The van der Waals surface area contributed by atoms with Gasteiger partial charge in [0.05, 0.1) is 23.0 Å². The topological polar surface area (TPSA) is 87.9 Å². The molecule has 2 heterocycles. The fourth-order valence-electron chi connectivity index (χ4n) is 3.65. The third kappa shape index (κ3) is 3.91. The number of nitriles is 1. The molecule has 1 unspecified atom stereocenters. The molecule has 0 bridgehead atoms. The standard InChI is InChI=1S/C23H23N5O/c1-16-4-8-18(9-5-16)22-13-21(23(29)27-12-2-3-19(25)15-27)26-28(22)20-10-6-17(14-24)7-11-20/h4-11,13,19H,2-3,12,15,25H2,1H3. The van der Waals surface area contributed by atoms with Crippen molar-refractivity contribution in [3.8, 4) is 23.0 Å². The number of nitrogens with zero attached hydrogens (tertiary/aromatic N) is 4. The highest BCUT2D eigenvalue weighted by Gasteiger charge is 2.25. The molecule has 6 nitrogen and oxygen atoms in total. The van der Waals surface area contributed by atoms with Gasteiger partial charge in [0.15, 0.2) is 5.69 Å². The molecule has 6 heteroatoms. The van der Waals surface area contributed by atoms with Gasteiger partial charge in [0, 0.05) is 24.7 Å². The number of amides is 1. The van der Waals surface area contributed by atoms with Crippen molar-refractivity contribution in [2.75, 3.05) is 13.1 Å². The summed E-state index contributed by atoms with van der Waals surface area (Å²) in [6, 6.07) is 19.3. The first-order chi connectivity index (χ1) is 14.0. The van der Waals surface area contributed by atoms with Crippen molar-refractivity contribution in [2.24, 2.45) is 5.73 Å². The lowest BCUT2D eigenvalue weighted by atomic mass is 10.1. The van der Waals surface area contributed by atoms with Gasteiger partial charge in [0.1, 0.15) is 0 Å². The highest BCUT2D eigenvalue weighted by Crippen LogP contribution is 2.26. The maximum Gasteiger partial charge on any atom is 0.274 e. The number of nitrogens with two attached hydrogens (primary N) is 1. The molecular weight excluding hydrogens is 362 g/mol. The van der Waals surface area contributed by atoms with Crippen LogP contribution in [0.15, 0.2) is 54.6 Å². The maximum absolute atomic E-state index is 13.1. The van der Waals surface area contributed by atoms with E-state index in [2.05, 4.69) is 11.2 Å². The van der Waals surface area contributed by atoms with Crippen molar-refractivity contribution in [1.82, 2.24) is 14.7 Å². The van der Waals surface area contributed by atoms with Crippen LogP contribution in [0.3, 0.4) is 0 Å². The summed E-state index contributed by atoms with van der Waals surface area (Å²) >= 11 is 0. The van der Waals surface area contributed by atoms with Crippen LogP contribution in [-0.4, -0.2) is 39.7 Å². The average molecular weight is 385 g/mol. The van der Waals surface area contributed by atoms with Crippen molar-refractivity contribution in [3.05, 3.63) is 71.4 Å². The first-order valence-corrected chi connectivity index (χ1v) is 9.77. The molecule has 1 fully saturated rings. The Kier molecular flexibility index (Phi) is 5.15. The summed E-state index contributed by atoms with van der Waals surface area (Å²) in [5.41, 5.74) is 10.8. The summed E-state index contributed by atoms with van der Waals surface area (Å²) < 4.78 is 1.77. The van der Waals surface area contributed by atoms with Gasteiger partial charge in [-0.05, 0) is 50.1 Å². The van der Waals surface area contributed by atoms with E-state index >= 15 is 0 Å². The summed E-state index contributed by atoms with van der Waals surface area (Å²) in [4.78, 5) is 14.9. The van der Waals surface area contributed by atoms with Crippen LogP contribution in [0.25, 0.3) is 16.9 Å². The van der Waals surface area contributed by atoms with E-state index < -0.39 is 0 Å². The first kappa shape index (κ1) is 18.9. The second-order valence-electron chi connectivity index (χ2n) is 7.50. The molecule has 29 heavy (non-hydrogen) atoms. The second-order valence-corrected chi connectivity index (χ2v) is 7.50. The van der Waals surface area contributed by atoms with Gasteiger partial charge in [0.25, 0.3) is 5.91 Å². The van der Waals surface area contributed by atoms with Crippen molar-refractivity contribution >= 4 is 5.91 Å². The van der Waals surface area contributed by atoms with Crippen molar-refractivity contribution in [3.63, 3.8) is 0 Å². The number of aromatic nitrogens is 2. The Bertz CT molecular complexity index is 1060. The molecule has 0 saturated carbocycles. The van der Waals surface area contributed by atoms with E-state index in [4.69, 9.17) is 11.0 Å². The Morgan fingerprint density at radius 2 is 1.90 bits per heavy atom. The van der Waals surface area contributed by atoms with E-state index in [1.165, 1.54) is 0 Å². The Hall–Kier alpha value is -3.43. The zero-order valence-corrected chi connectivity index (χ0v) is 16.4. The van der Waals surface area contributed by atoms with Crippen LogP contribution >= 0.6 is 0 Å². The largest absolute Gasteiger partial charge is 0.336 e. The Balaban J connectivity index is 1.76. The van der Waals surface area contributed by atoms with Crippen LogP contribution in [0.4, 0.5) is 0 Å². The van der Waals surface area contributed by atoms with Gasteiger partial charge in [-0.25, -0.2) is 4.68 Å². The molecule has 0 spiro atoms. The Labute approximate surface area is 170 Å². The molecule has 1 amide bonds. The summed E-state index contributed by atoms with van der Waals surface area (Å²) in [6.45, 7) is 3.30. The minimum absolute atomic E-state index is 0.0184. The van der Waals surface area contributed by atoms with E-state index in [9.17, 15) is 4.79 Å². The molecular formula is C23H23N5O. The normalized spacial score (nSPS) is 16.4. The molecule has 4 rings (SSSR count). The molecule has 1 atom stereocenters. The number of hydrogen-bond donors (Lipinski definition) is 1. The van der Waals surface area contributed by atoms with Crippen LogP contribution in [0.2, 0.25) is 0 Å². The number of likely N-dealkylation sites (tertiary alicyclic amines) is 1. The SMILES string of the molecule is Cc1ccc(-c2cc(C(=O)N3CCCC(N)C3)nn2-c2ccc(C#N)cc2)cc1. The quantitative estimate of drug-likeness (QED) is 0.749. The zero-order valence-electron chi connectivity index (χ0n) is 16.4. The fourth-order valence-corrected chi connectivity index (χ4v) is 3.65. The van der Waals surface area contributed by atoms with Gasteiger partial charge in [-0.15, -0.1) is 0 Å². The lowest BCUT2D eigenvalue weighted by molar-refractivity contribution is 0.0702. The lowest BCUT2D eigenvalue weighted by Gasteiger charge is -2.30. The minimum atomic E-state index is -0.0964. The minimum Gasteiger partial charge on any atom is -0.336 e. The summed E-state index contributed by atoms with van der Waals surface area (Å²) in [5, 5.41) is 13.7. The van der Waals surface area contributed by atoms with Gasteiger partial charge in [0.2, 0.25) is 0 Å². The monoisotopic (exact) mass is 385 g/mol. The lowest BCUT2D eigenvalue weighted by Crippen LogP contribution is -2.45. The maximum atomic E-state index is 13.1. The molecule has 2 N–H and O–H groups in total. The highest BCUT2D eigenvalue weighted by molar-refractivity contribution is 5.93. The van der Waals surface area contributed by atoms with Gasteiger partial charge in [-0.2, -0.15) is 10.4 Å². The number of rotatable bonds is 3. The van der Waals surface area contributed by atoms with Crippen LogP contribution < -0.4 is 5.73 Å². The zero-order chi connectivity index (χ0) is 20.4. The van der Waals surface area contributed by atoms with E-state index in [0.717, 1.165) is 35.3 Å². The molecule has 1 aromatic heterocycles. The predicted molar refractivity (Wildman–Crippen MR) is 112 cm³/mol. The highest BCUT2D eigenvalue weighted by atomic mass is 16.2. The molecule has 2 aromatic carbocycles. The first-order valence-electron chi connectivity index (χ1n) is 9.77. The van der Waals surface area contributed by atoms with Gasteiger partial charge in [-0.1, -0.05) is 29.8 Å². The predicted octanol–water partition coefficient (Wildman–Crippen LogP) is 3.28. The van der Waals surface area contributed by atoms with Crippen LogP contribution in [0.5, 0.6) is 0 Å². The number of carbonyl (C=O) groups is 1. The molecule has 3 aromatic rings. The number of piperidine rings is 1. The van der Waals surface area contributed by atoms with Crippen molar-refractivity contribution in [2.45, 2.75) is 25.8 Å². The molecule has 0 radical (unpaired) electrons. The molecule has 1 aliphatic heterocycles. The van der Waals surface area contributed by atoms with Gasteiger partial charge in [-0.3, -0.25) is 4.79 Å². The van der Waals surface area contributed by atoms with Crippen LogP contribution in [0.1, 0.15) is 34.5 Å². The molecule has 1 saturated heterocycles. The average Bonchev–Trinajstić information content (AvgIpc) is 3.19. The van der Waals surface area contributed by atoms with Crippen LogP contribution in [0, 0.1) is 18.3 Å². The number of carbonyl (C=O) groups excluding carboxylic acids is 1. The summed E-state index contributed by atoms with van der Waals surface area (Å²) in [7, 11) is 0. The van der Waals surface area contributed by atoms with Crippen molar-refractivity contribution in [1.29, 1.82) is 5.26 Å². The fraction of sp³-hybridized carbons (Fsp3) is 0.261. The molecule has 0 aliphatic carbocycles. The van der Waals surface area contributed by atoms with Gasteiger partial charge < -0.3 is 10.6 Å². The van der Waals surface area contributed by atoms with E-state index in [1.54, 1.807) is 21.7 Å². The smallest absolute Gasteiger partial charge is 0.274 e. The number of benzene rings is 2. The van der Waals surface area contributed by atoms with Crippen molar-refractivity contribution < 1.29 is 4.79 Å². The summed E-state index contributed by atoms with van der Waals surface area (Å²) in [5.74, 6) is -0.0964. The number of hydrogen-bond acceptors (Lipinski definition) is 4.